The second kappa shape index (κ2) is 6.12. The first-order chi connectivity index (χ1) is 8.25. The Labute approximate surface area is 116 Å². The van der Waals surface area contributed by atoms with Crippen LogP contribution in [0.1, 0.15) is 18.9 Å². The van der Waals surface area contributed by atoms with Gasteiger partial charge in [0, 0.05) is 18.4 Å². The van der Waals surface area contributed by atoms with E-state index in [-0.39, 0.29) is 9.72 Å². The summed E-state index contributed by atoms with van der Waals surface area (Å²) in [4.78, 5) is 0.415. The molecule has 1 unspecified atom stereocenters. The smallest absolute Gasteiger partial charge is 0.207 e. The predicted octanol–water partition coefficient (Wildman–Crippen LogP) is 2.93. The lowest BCUT2D eigenvalue weighted by Gasteiger charge is -2.19. The van der Waals surface area contributed by atoms with E-state index in [2.05, 4.69) is 15.9 Å². The molecule has 1 rings (SSSR count). The number of alkyl halides is 1. The summed E-state index contributed by atoms with van der Waals surface area (Å²) in [5.74, 6) is -0.428. The minimum Gasteiger partial charge on any atom is -0.207 e. The Morgan fingerprint density at radius 2 is 2.06 bits per heavy atom. The van der Waals surface area contributed by atoms with Crippen molar-refractivity contribution in [2.45, 2.75) is 30.0 Å². The molecule has 6 heteroatoms. The molecule has 0 heterocycles. The highest BCUT2D eigenvalue weighted by molar-refractivity contribution is 9.09. The van der Waals surface area contributed by atoms with Gasteiger partial charge in [-0.15, -0.1) is 0 Å². The first-order valence-corrected chi connectivity index (χ1v) is 7.97. The van der Waals surface area contributed by atoms with Gasteiger partial charge in [-0.3, -0.25) is 0 Å². The molecule has 0 radical (unpaired) electrons. The Balaban J connectivity index is 2.98. The minimum atomic E-state index is -3.54. The summed E-state index contributed by atoms with van der Waals surface area (Å²) in [7, 11) is -2.00. The monoisotopic (exact) mass is 337 g/mol. The summed E-state index contributed by atoms with van der Waals surface area (Å²) < 4.78 is 38.8. The number of rotatable bonds is 5. The second-order valence-electron chi connectivity index (χ2n) is 4.31. The molecule has 1 aromatic rings. The van der Waals surface area contributed by atoms with E-state index >= 15 is 0 Å². The van der Waals surface area contributed by atoms with Crippen LogP contribution in [0.25, 0.3) is 0 Å². The van der Waals surface area contributed by atoms with E-state index in [1.54, 1.807) is 6.92 Å². The van der Waals surface area contributed by atoms with E-state index in [9.17, 15) is 12.8 Å². The molecule has 0 N–H and O–H groups in total. The molecule has 18 heavy (non-hydrogen) atoms. The molecule has 102 valence electrons. The van der Waals surface area contributed by atoms with Crippen LogP contribution in [-0.2, 0) is 10.0 Å². The Morgan fingerprint density at radius 3 is 2.56 bits per heavy atom. The zero-order chi connectivity index (χ0) is 13.9. The zero-order valence-electron chi connectivity index (χ0n) is 10.7. The maximum atomic E-state index is 13.0. The van der Waals surface area contributed by atoms with Crippen LogP contribution in [-0.4, -0.2) is 31.1 Å². The van der Waals surface area contributed by atoms with E-state index in [0.29, 0.717) is 12.1 Å². The molecule has 0 saturated carbocycles. The first kappa shape index (κ1) is 15.6. The third-order valence-corrected chi connectivity index (χ3v) is 5.14. The summed E-state index contributed by atoms with van der Waals surface area (Å²) in [5, 5.41) is 0. The number of hydrogen-bond acceptors (Lipinski definition) is 2. The van der Waals surface area contributed by atoms with Gasteiger partial charge in [-0.05, 0) is 37.1 Å². The van der Waals surface area contributed by atoms with Gasteiger partial charge in [-0.1, -0.05) is 22.9 Å². The molecule has 0 fully saturated rings. The van der Waals surface area contributed by atoms with Crippen molar-refractivity contribution in [2.75, 3.05) is 13.6 Å². The third kappa shape index (κ3) is 3.76. The van der Waals surface area contributed by atoms with Crippen molar-refractivity contribution in [3.63, 3.8) is 0 Å². The lowest BCUT2D eigenvalue weighted by Crippen LogP contribution is -2.29. The van der Waals surface area contributed by atoms with Crippen molar-refractivity contribution in [1.82, 2.24) is 4.31 Å². The lowest BCUT2D eigenvalue weighted by molar-refractivity contribution is 0.461. The molecule has 0 aliphatic heterocycles. The summed E-state index contributed by atoms with van der Waals surface area (Å²) >= 11 is 3.38. The van der Waals surface area contributed by atoms with Crippen molar-refractivity contribution in [3.05, 3.63) is 29.6 Å². The van der Waals surface area contributed by atoms with Crippen LogP contribution in [0.2, 0.25) is 0 Å². The maximum absolute atomic E-state index is 13.0. The van der Waals surface area contributed by atoms with E-state index in [4.69, 9.17) is 0 Å². The highest BCUT2D eigenvalue weighted by atomic mass is 79.9. The minimum absolute atomic E-state index is 0.161. The van der Waals surface area contributed by atoms with Crippen LogP contribution < -0.4 is 0 Å². The zero-order valence-corrected chi connectivity index (χ0v) is 13.1. The summed E-state index contributed by atoms with van der Waals surface area (Å²) in [6, 6.07) is 3.71. The molecule has 3 nitrogen and oxygen atoms in total. The molecule has 0 aliphatic carbocycles. The summed E-state index contributed by atoms with van der Waals surface area (Å²) in [6.45, 7) is 3.98. The van der Waals surface area contributed by atoms with Crippen LogP contribution >= 0.6 is 15.9 Å². The average Bonchev–Trinajstić information content (AvgIpc) is 2.24. The number of sulfonamides is 1. The fraction of sp³-hybridized carbons (Fsp3) is 0.500. The Kier molecular flexibility index (Phi) is 5.31. The van der Waals surface area contributed by atoms with E-state index in [1.807, 2.05) is 6.92 Å². The topological polar surface area (TPSA) is 37.4 Å². The highest BCUT2D eigenvalue weighted by Crippen LogP contribution is 2.20. The van der Waals surface area contributed by atoms with Gasteiger partial charge in [0.15, 0.2) is 0 Å². The molecule has 0 aromatic heterocycles. The normalized spacial score (nSPS) is 13.9. The van der Waals surface area contributed by atoms with Gasteiger partial charge < -0.3 is 0 Å². The SMILES string of the molecule is Cc1cc(F)ccc1S(=O)(=O)N(C)CCC(C)Br. The van der Waals surface area contributed by atoms with E-state index < -0.39 is 15.8 Å². The number of aryl methyl sites for hydroxylation is 1. The Bertz CT molecular complexity index is 517. The average molecular weight is 338 g/mol. The van der Waals surface area contributed by atoms with Gasteiger partial charge >= 0.3 is 0 Å². The molecule has 0 saturated heterocycles. The summed E-state index contributed by atoms with van der Waals surface area (Å²) in [5.41, 5.74) is 0.425. The van der Waals surface area contributed by atoms with Crippen molar-refractivity contribution >= 4 is 26.0 Å². The molecular weight excluding hydrogens is 321 g/mol. The molecule has 0 aliphatic rings. The van der Waals surface area contributed by atoms with Crippen molar-refractivity contribution in [2.24, 2.45) is 0 Å². The van der Waals surface area contributed by atoms with Crippen molar-refractivity contribution < 1.29 is 12.8 Å². The second-order valence-corrected chi connectivity index (χ2v) is 7.88. The van der Waals surface area contributed by atoms with Crippen LogP contribution in [0, 0.1) is 12.7 Å². The molecule has 0 bridgehead atoms. The molecule has 0 spiro atoms. The number of halogens is 2. The summed E-state index contributed by atoms with van der Waals surface area (Å²) in [6.07, 6.45) is 0.718. The Morgan fingerprint density at radius 1 is 1.44 bits per heavy atom. The standard InChI is InChI=1S/C12H17BrFNO2S/c1-9-8-11(14)4-5-12(9)18(16,17)15(3)7-6-10(2)13/h4-5,8,10H,6-7H2,1-3H3. The lowest BCUT2D eigenvalue weighted by atomic mass is 10.2. The van der Waals surface area contributed by atoms with Gasteiger partial charge in [0.1, 0.15) is 5.82 Å². The fourth-order valence-corrected chi connectivity index (χ4v) is 3.14. The van der Waals surface area contributed by atoms with Crippen LogP contribution in [0.5, 0.6) is 0 Å². The third-order valence-electron chi connectivity index (χ3n) is 2.67. The Hall–Kier alpha value is -0.460. The van der Waals surface area contributed by atoms with Crippen LogP contribution in [0.4, 0.5) is 4.39 Å². The highest BCUT2D eigenvalue weighted by Gasteiger charge is 2.22. The predicted molar refractivity (Wildman–Crippen MR) is 74.0 cm³/mol. The van der Waals surface area contributed by atoms with Gasteiger partial charge in [0.05, 0.1) is 4.90 Å². The van der Waals surface area contributed by atoms with Gasteiger partial charge in [-0.25, -0.2) is 17.1 Å². The van der Waals surface area contributed by atoms with Crippen LogP contribution in [0.15, 0.2) is 23.1 Å². The number of benzene rings is 1. The maximum Gasteiger partial charge on any atom is 0.243 e. The van der Waals surface area contributed by atoms with Crippen LogP contribution in [0.3, 0.4) is 0 Å². The van der Waals surface area contributed by atoms with Crippen molar-refractivity contribution in [3.8, 4) is 0 Å². The largest absolute Gasteiger partial charge is 0.243 e. The molecule has 0 amide bonds. The molecule has 1 atom stereocenters. The molecule has 1 aromatic carbocycles. The van der Waals surface area contributed by atoms with Gasteiger partial charge in [0.25, 0.3) is 0 Å². The van der Waals surface area contributed by atoms with E-state index in [0.717, 1.165) is 6.42 Å². The molecular formula is C12H17BrFNO2S. The quantitative estimate of drug-likeness (QED) is 0.774. The van der Waals surface area contributed by atoms with Gasteiger partial charge in [-0.2, -0.15) is 0 Å². The number of hydrogen-bond donors (Lipinski definition) is 0. The van der Waals surface area contributed by atoms with Crippen molar-refractivity contribution in [1.29, 1.82) is 0 Å². The van der Waals surface area contributed by atoms with E-state index in [1.165, 1.54) is 29.6 Å². The fourth-order valence-electron chi connectivity index (χ4n) is 1.55. The van der Waals surface area contributed by atoms with Gasteiger partial charge in [0.2, 0.25) is 10.0 Å². The first-order valence-electron chi connectivity index (χ1n) is 5.61. The number of nitrogens with zero attached hydrogens (tertiary/aromatic N) is 1.